The number of nitrogens with one attached hydrogen (secondary N) is 5. The molecule has 5 N–H and O–H groups in total. The van der Waals surface area contributed by atoms with Gasteiger partial charge in [0.15, 0.2) is 11.6 Å². The minimum absolute atomic E-state index is 0.117. The SMILES string of the molecule is COc1cc2nc(-c3cccc4c3-c3ccccc3[C@H]4NC(=O)c3cc4nc(-c5cccc6c5-c5ccccc5[C@H]6NC(=O)c5ccnc6[nH]ccc56)[nH]c4cn3)[nH]c2cc1F. The first-order chi connectivity index (χ1) is 30.4. The maximum Gasteiger partial charge on any atom is 0.270 e. The smallest absolute Gasteiger partial charge is 0.270 e. The van der Waals surface area contributed by atoms with E-state index in [4.69, 9.17) is 14.7 Å². The maximum atomic E-state index is 14.6. The van der Waals surface area contributed by atoms with Crippen molar-refractivity contribution >= 4 is 44.9 Å². The molecule has 2 amide bonds. The topological polar surface area (TPSA) is 166 Å². The Kier molecular flexibility index (Phi) is 7.75. The Labute approximate surface area is 351 Å². The molecule has 2 aliphatic rings. The zero-order valence-corrected chi connectivity index (χ0v) is 32.7. The summed E-state index contributed by atoms with van der Waals surface area (Å²) in [4.78, 5) is 56.5. The lowest BCUT2D eigenvalue weighted by Gasteiger charge is -2.16. The molecule has 0 spiro atoms. The van der Waals surface area contributed by atoms with Gasteiger partial charge in [-0.15, -0.1) is 0 Å². The Hall–Kier alpha value is -8.45. The summed E-state index contributed by atoms with van der Waals surface area (Å²) >= 11 is 0. The maximum absolute atomic E-state index is 14.6. The Morgan fingerprint density at radius 2 is 1.24 bits per heavy atom. The highest BCUT2D eigenvalue weighted by molar-refractivity contribution is 6.06. The lowest BCUT2D eigenvalue weighted by molar-refractivity contribution is 0.0933. The van der Waals surface area contributed by atoms with E-state index in [1.54, 1.807) is 36.8 Å². The number of methoxy groups -OCH3 is 1. The second-order valence-corrected chi connectivity index (χ2v) is 15.4. The fourth-order valence-electron chi connectivity index (χ4n) is 9.25. The van der Waals surface area contributed by atoms with Crippen molar-refractivity contribution in [3.05, 3.63) is 173 Å². The van der Waals surface area contributed by atoms with Gasteiger partial charge in [-0.1, -0.05) is 84.9 Å². The number of amides is 2. The quantitative estimate of drug-likeness (QED) is 0.107. The molecule has 2 aliphatic carbocycles. The molecule has 2 atom stereocenters. The van der Waals surface area contributed by atoms with Crippen molar-refractivity contribution in [1.29, 1.82) is 0 Å². The van der Waals surface area contributed by atoms with Crippen molar-refractivity contribution in [1.82, 2.24) is 45.5 Å². The largest absolute Gasteiger partial charge is 0.494 e. The molecule has 5 heterocycles. The number of benzene rings is 5. The highest BCUT2D eigenvalue weighted by atomic mass is 19.1. The molecule has 0 saturated carbocycles. The molecule has 0 unspecified atom stereocenters. The first kappa shape index (κ1) is 35.5. The number of carbonyl (C=O) groups excluding carboxylic acids is 2. The normalized spacial score (nSPS) is 14.7. The zero-order valence-electron chi connectivity index (χ0n) is 32.7. The number of carbonyl (C=O) groups is 2. The van der Waals surface area contributed by atoms with Gasteiger partial charge in [-0.2, -0.15) is 0 Å². The number of aromatic nitrogens is 7. The summed E-state index contributed by atoms with van der Waals surface area (Å²) in [6, 6.07) is 35.3. The number of rotatable bonds is 7. The minimum atomic E-state index is -0.481. The van der Waals surface area contributed by atoms with Crippen LogP contribution in [0.2, 0.25) is 0 Å². The van der Waals surface area contributed by atoms with Gasteiger partial charge in [0, 0.05) is 41.0 Å². The van der Waals surface area contributed by atoms with Crippen LogP contribution in [0.3, 0.4) is 0 Å². The molecule has 298 valence electrons. The Bertz CT molecular complexity index is 3520. The minimum Gasteiger partial charge on any atom is -0.494 e. The molecule has 12 nitrogen and oxygen atoms in total. The summed E-state index contributed by atoms with van der Waals surface area (Å²) in [5.41, 5.74) is 13.1. The molecular weight excluding hydrogens is 782 g/mol. The van der Waals surface area contributed by atoms with Gasteiger partial charge in [0.05, 0.1) is 53.0 Å². The van der Waals surface area contributed by atoms with Crippen LogP contribution in [0.1, 0.15) is 55.2 Å². The van der Waals surface area contributed by atoms with E-state index in [1.165, 1.54) is 13.2 Å². The van der Waals surface area contributed by atoms with Crippen LogP contribution in [0.4, 0.5) is 4.39 Å². The molecule has 0 saturated heterocycles. The number of hydrogen-bond acceptors (Lipinski definition) is 7. The fourth-order valence-corrected chi connectivity index (χ4v) is 9.25. The molecule has 0 radical (unpaired) electrons. The Morgan fingerprint density at radius 3 is 1.92 bits per heavy atom. The van der Waals surface area contributed by atoms with Crippen molar-refractivity contribution in [2.45, 2.75) is 12.1 Å². The first-order valence-corrected chi connectivity index (χ1v) is 20.0. The van der Waals surface area contributed by atoms with Crippen molar-refractivity contribution in [3.63, 3.8) is 0 Å². The highest BCUT2D eigenvalue weighted by Crippen LogP contribution is 2.49. The van der Waals surface area contributed by atoms with E-state index >= 15 is 0 Å². The van der Waals surface area contributed by atoms with Gasteiger partial charge in [-0.05, 0) is 62.7 Å². The van der Waals surface area contributed by atoms with Gasteiger partial charge in [0.25, 0.3) is 11.8 Å². The second kappa shape index (κ2) is 13.5. The van der Waals surface area contributed by atoms with Crippen LogP contribution in [0.15, 0.2) is 134 Å². The molecule has 0 aliphatic heterocycles. The van der Waals surface area contributed by atoms with Crippen molar-refractivity contribution in [2.75, 3.05) is 7.11 Å². The third-order valence-corrected chi connectivity index (χ3v) is 12.0. The van der Waals surface area contributed by atoms with E-state index in [-0.39, 0.29) is 23.3 Å². The van der Waals surface area contributed by atoms with Crippen LogP contribution >= 0.6 is 0 Å². The lowest BCUT2D eigenvalue weighted by atomic mass is 9.98. The van der Waals surface area contributed by atoms with Gasteiger partial charge in [-0.25, -0.2) is 24.3 Å². The van der Waals surface area contributed by atoms with E-state index in [0.717, 1.165) is 61.0 Å². The van der Waals surface area contributed by atoms with Crippen molar-refractivity contribution < 1.29 is 18.7 Å². The predicted molar refractivity (Wildman–Crippen MR) is 233 cm³/mol. The molecule has 5 aromatic heterocycles. The number of aromatic amines is 3. The summed E-state index contributed by atoms with van der Waals surface area (Å²) < 4.78 is 19.8. The third kappa shape index (κ3) is 5.37. The van der Waals surface area contributed by atoms with Crippen LogP contribution in [-0.2, 0) is 0 Å². The molecular formula is C49H32FN9O3. The van der Waals surface area contributed by atoms with Gasteiger partial charge < -0.3 is 30.3 Å². The lowest BCUT2D eigenvalue weighted by Crippen LogP contribution is -2.28. The zero-order chi connectivity index (χ0) is 41.6. The van der Waals surface area contributed by atoms with Crippen LogP contribution in [0.25, 0.3) is 78.1 Å². The molecule has 10 aromatic rings. The Balaban J connectivity index is 0.863. The van der Waals surface area contributed by atoms with Gasteiger partial charge in [0.1, 0.15) is 23.0 Å². The van der Waals surface area contributed by atoms with Gasteiger partial charge in [0.2, 0.25) is 0 Å². The van der Waals surface area contributed by atoms with E-state index in [2.05, 4.69) is 41.6 Å². The molecule has 12 rings (SSSR count). The number of H-pyrrole nitrogens is 3. The fraction of sp³-hybridized carbons (Fsp3) is 0.0612. The highest BCUT2D eigenvalue weighted by Gasteiger charge is 2.35. The average Bonchev–Trinajstić information content (AvgIpc) is 4.15. The van der Waals surface area contributed by atoms with Crippen LogP contribution < -0.4 is 15.4 Å². The molecule has 0 bridgehead atoms. The predicted octanol–water partition coefficient (Wildman–Crippen LogP) is 9.19. The summed E-state index contributed by atoms with van der Waals surface area (Å²) in [5.74, 6) is 0.255. The van der Waals surface area contributed by atoms with E-state index in [1.807, 2.05) is 84.9 Å². The molecule has 62 heavy (non-hydrogen) atoms. The second-order valence-electron chi connectivity index (χ2n) is 15.4. The standard InChI is InChI=1S/C49H32FN9O3/c1-62-40-22-37-35(20-34(40)50)54-46(56-37)32-14-7-13-31-42(32)25-9-3-5-11-27(25)44(31)59-49(61)38-21-36-39(23-53-38)57-47(55-36)33-15-6-12-30-41(33)24-8-2-4-10-26(24)43(30)58-48(60)29-17-19-52-45-28(29)16-18-51-45/h2-23,43-44H,1H3,(H,51,52)(H,54,56)(H,55,57)(H,58,60)(H,59,61)/t43-,44-/m1/s1. The van der Waals surface area contributed by atoms with Crippen LogP contribution in [0, 0.1) is 5.82 Å². The monoisotopic (exact) mass is 813 g/mol. The van der Waals surface area contributed by atoms with Gasteiger partial charge >= 0.3 is 0 Å². The number of pyridine rings is 2. The van der Waals surface area contributed by atoms with Crippen molar-refractivity contribution in [2.24, 2.45) is 0 Å². The average molecular weight is 814 g/mol. The van der Waals surface area contributed by atoms with E-state index in [0.29, 0.717) is 44.9 Å². The number of imidazole rings is 2. The molecule has 13 heteroatoms. The number of nitrogens with zero attached hydrogens (tertiary/aromatic N) is 4. The van der Waals surface area contributed by atoms with Crippen LogP contribution in [0.5, 0.6) is 5.75 Å². The number of fused-ring (bicyclic) bond motifs is 9. The number of halogens is 1. The van der Waals surface area contributed by atoms with E-state index in [9.17, 15) is 14.0 Å². The third-order valence-electron chi connectivity index (χ3n) is 12.0. The first-order valence-electron chi connectivity index (χ1n) is 20.0. The number of ether oxygens (including phenoxy) is 1. The van der Waals surface area contributed by atoms with Crippen LogP contribution in [-0.4, -0.2) is 53.8 Å². The summed E-state index contributed by atoms with van der Waals surface area (Å²) in [6.07, 6.45) is 5.03. The number of hydrogen-bond donors (Lipinski definition) is 5. The molecule has 0 fully saturated rings. The summed E-state index contributed by atoms with van der Waals surface area (Å²) in [7, 11) is 1.42. The Morgan fingerprint density at radius 1 is 0.645 bits per heavy atom. The van der Waals surface area contributed by atoms with Gasteiger partial charge in [-0.3, -0.25) is 9.59 Å². The summed E-state index contributed by atoms with van der Waals surface area (Å²) in [5, 5.41) is 7.29. The molecule has 5 aromatic carbocycles. The van der Waals surface area contributed by atoms with Crippen molar-refractivity contribution in [3.8, 4) is 50.8 Å². The summed E-state index contributed by atoms with van der Waals surface area (Å²) in [6.45, 7) is 0. The van der Waals surface area contributed by atoms with E-state index < -0.39 is 17.9 Å².